The van der Waals surface area contributed by atoms with Crippen LogP contribution in [0.25, 0.3) is 0 Å². The fraction of sp³-hybridized carbons (Fsp3) is 0.333. The summed E-state index contributed by atoms with van der Waals surface area (Å²) in [7, 11) is 0. The Balaban J connectivity index is 2.01. The van der Waals surface area contributed by atoms with Crippen LogP contribution in [0.5, 0.6) is 0 Å². The van der Waals surface area contributed by atoms with Crippen molar-refractivity contribution in [3.05, 3.63) is 69.7 Å². The molecule has 0 amide bonds. The highest BCUT2D eigenvalue weighted by atomic mass is 35.5. The van der Waals surface area contributed by atoms with E-state index in [1.807, 2.05) is 12.1 Å². The molecular weight excluding hydrogens is 287 g/mol. The van der Waals surface area contributed by atoms with Crippen molar-refractivity contribution in [3.8, 4) is 0 Å². The van der Waals surface area contributed by atoms with E-state index in [9.17, 15) is 0 Å². The van der Waals surface area contributed by atoms with Gasteiger partial charge >= 0.3 is 0 Å². The summed E-state index contributed by atoms with van der Waals surface area (Å²) in [4.78, 5) is 0. The van der Waals surface area contributed by atoms with Crippen LogP contribution in [0.4, 0.5) is 0 Å². The molecule has 2 aromatic rings. The van der Waals surface area contributed by atoms with Crippen LogP contribution in [0.1, 0.15) is 40.5 Å². The van der Waals surface area contributed by atoms with Crippen LogP contribution in [0.3, 0.4) is 0 Å². The van der Waals surface area contributed by atoms with Crippen molar-refractivity contribution in [1.29, 1.82) is 0 Å². The Labute approximate surface area is 130 Å². The van der Waals surface area contributed by atoms with Crippen LogP contribution in [0.2, 0.25) is 5.02 Å². The molecule has 0 nitrogen and oxygen atoms in total. The quantitative estimate of drug-likeness (QED) is 0.613. The Hall–Kier alpha value is -0.980. The average Bonchev–Trinajstić information content (AvgIpc) is 3.25. The predicted molar refractivity (Wildman–Crippen MR) is 86.9 cm³/mol. The molecule has 0 saturated heterocycles. The molecule has 1 aliphatic rings. The Bertz CT molecular complexity index is 627. The lowest BCUT2D eigenvalue weighted by molar-refractivity contribution is 0.662. The van der Waals surface area contributed by atoms with Crippen molar-refractivity contribution in [2.45, 2.75) is 37.5 Å². The summed E-state index contributed by atoms with van der Waals surface area (Å²) in [6.45, 7) is 4.19. The summed E-state index contributed by atoms with van der Waals surface area (Å²) in [6.07, 6.45) is 2.27. The second kappa shape index (κ2) is 5.09. The third-order valence-corrected chi connectivity index (χ3v) is 5.49. The zero-order valence-electron chi connectivity index (χ0n) is 11.8. The van der Waals surface area contributed by atoms with Gasteiger partial charge in [-0.2, -0.15) is 0 Å². The topological polar surface area (TPSA) is 0 Å². The Morgan fingerprint density at radius 3 is 2.20 bits per heavy atom. The molecule has 1 atom stereocenters. The molecule has 1 unspecified atom stereocenters. The van der Waals surface area contributed by atoms with Crippen LogP contribution < -0.4 is 0 Å². The van der Waals surface area contributed by atoms with Crippen molar-refractivity contribution in [3.63, 3.8) is 0 Å². The predicted octanol–water partition coefficient (Wildman–Crippen LogP) is 5.97. The van der Waals surface area contributed by atoms with Crippen LogP contribution in [0.15, 0.2) is 42.5 Å². The highest BCUT2D eigenvalue weighted by Gasteiger charge is 2.51. The summed E-state index contributed by atoms with van der Waals surface area (Å²) < 4.78 is 0. The highest BCUT2D eigenvalue weighted by molar-refractivity contribution is 6.33. The van der Waals surface area contributed by atoms with E-state index in [1.165, 1.54) is 16.7 Å². The molecule has 1 fully saturated rings. The number of aryl methyl sites for hydroxylation is 2. The van der Waals surface area contributed by atoms with Gasteiger partial charge in [0, 0.05) is 10.4 Å². The maximum atomic E-state index is 6.84. The van der Waals surface area contributed by atoms with Gasteiger partial charge in [0.15, 0.2) is 0 Å². The first-order valence-corrected chi connectivity index (χ1v) is 7.82. The molecule has 0 spiro atoms. The molecule has 0 radical (unpaired) electrons. The average molecular weight is 305 g/mol. The molecule has 2 heteroatoms. The number of hydrogen-bond acceptors (Lipinski definition) is 0. The lowest BCUT2D eigenvalue weighted by atomic mass is 9.87. The van der Waals surface area contributed by atoms with Crippen molar-refractivity contribution in [1.82, 2.24) is 0 Å². The summed E-state index contributed by atoms with van der Waals surface area (Å²) in [5, 5.41) is 0.729. The number of halogens is 2. The largest absolute Gasteiger partial charge is 0.117 e. The van der Waals surface area contributed by atoms with Crippen molar-refractivity contribution >= 4 is 23.2 Å². The molecule has 0 aliphatic heterocycles. The number of rotatable bonds is 3. The van der Waals surface area contributed by atoms with E-state index < -0.39 is 0 Å². The molecule has 104 valence electrons. The molecule has 0 heterocycles. The standard InChI is InChI=1S/C18H18Cl2/c1-12-10-15(16(19)11-13(12)2)17(20)18(8-9-18)14-6-4-3-5-7-14/h3-7,10-11,17H,8-9H2,1-2H3. The lowest BCUT2D eigenvalue weighted by Gasteiger charge is -2.24. The maximum absolute atomic E-state index is 6.84. The monoisotopic (exact) mass is 304 g/mol. The van der Waals surface area contributed by atoms with Crippen molar-refractivity contribution in [2.24, 2.45) is 0 Å². The van der Waals surface area contributed by atoms with Crippen LogP contribution >= 0.6 is 23.2 Å². The van der Waals surface area contributed by atoms with Crippen LogP contribution in [-0.4, -0.2) is 0 Å². The van der Waals surface area contributed by atoms with Crippen LogP contribution in [-0.2, 0) is 5.41 Å². The zero-order valence-corrected chi connectivity index (χ0v) is 13.3. The minimum absolute atomic E-state index is 0.0586. The molecule has 3 rings (SSSR count). The van der Waals surface area contributed by atoms with Crippen molar-refractivity contribution < 1.29 is 0 Å². The van der Waals surface area contributed by atoms with Gasteiger partial charge in [0.2, 0.25) is 0 Å². The van der Waals surface area contributed by atoms with Gasteiger partial charge in [-0.3, -0.25) is 0 Å². The van der Waals surface area contributed by atoms with E-state index in [1.54, 1.807) is 0 Å². The first-order chi connectivity index (χ1) is 9.54. The number of alkyl halides is 1. The fourth-order valence-electron chi connectivity index (χ4n) is 2.89. The van der Waals surface area contributed by atoms with Gasteiger partial charge in [-0.05, 0) is 55.0 Å². The summed E-state index contributed by atoms with van der Waals surface area (Å²) in [6, 6.07) is 14.8. The first-order valence-electron chi connectivity index (χ1n) is 7.01. The molecule has 1 aliphatic carbocycles. The van der Waals surface area contributed by atoms with Gasteiger partial charge in [0.25, 0.3) is 0 Å². The molecule has 0 aromatic heterocycles. The smallest absolute Gasteiger partial charge is 0.0696 e. The molecule has 1 saturated carbocycles. The van der Waals surface area contributed by atoms with Gasteiger partial charge in [0.05, 0.1) is 5.38 Å². The summed E-state index contributed by atoms with van der Waals surface area (Å²) in [5.41, 5.74) is 4.92. The Morgan fingerprint density at radius 1 is 1.00 bits per heavy atom. The lowest BCUT2D eigenvalue weighted by Crippen LogP contribution is -2.14. The molecule has 0 bridgehead atoms. The maximum Gasteiger partial charge on any atom is 0.0696 e. The highest BCUT2D eigenvalue weighted by Crippen LogP contribution is 2.60. The minimum Gasteiger partial charge on any atom is -0.117 e. The van der Waals surface area contributed by atoms with Crippen LogP contribution in [0, 0.1) is 13.8 Å². The second-order valence-electron chi connectivity index (χ2n) is 5.84. The molecule has 20 heavy (non-hydrogen) atoms. The minimum atomic E-state index is -0.0586. The Morgan fingerprint density at radius 2 is 1.60 bits per heavy atom. The van der Waals surface area contributed by atoms with E-state index in [0.717, 1.165) is 23.4 Å². The van der Waals surface area contributed by atoms with E-state index in [-0.39, 0.29) is 10.8 Å². The van der Waals surface area contributed by atoms with E-state index in [2.05, 4.69) is 44.2 Å². The third kappa shape index (κ3) is 2.25. The molecule has 0 N–H and O–H groups in total. The Kier molecular flexibility index (Phi) is 3.56. The SMILES string of the molecule is Cc1cc(Cl)c(C(Cl)C2(c3ccccc3)CC2)cc1C. The number of hydrogen-bond donors (Lipinski definition) is 0. The van der Waals surface area contributed by atoms with Gasteiger partial charge in [-0.1, -0.05) is 48.0 Å². The normalized spacial score (nSPS) is 17.8. The summed E-state index contributed by atoms with van der Waals surface area (Å²) >= 11 is 13.3. The number of benzene rings is 2. The van der Waals surface area contributed by atoms with Crippen molar-refractivity contribution in [2.75, 3.05) is 0 Å². The van der Waals surface area contributed by atoms with E-state index in [4.69, 9.17) is 23.2 Å². The van der Waals surface area contributed by atoms with E-state index >= 15 is 0 Å². The molecule has 2 aromatic carbocycles. The second-order valence-corrected chi connectivity index (χ2v) is 6.69. The third-order valence-electron chi connectivity index (χ3n) is 4.51. The molecular formula is C18H18Cl2. The van der Waals surface area contributed by atoms with E-state index in [0.29, 0.717) is 0 Å². The van der Waals surface area contributed by atoms with Gasteiger partial charge in [0.1, 0.15) is 0 Å². The van der Waals surface area contributed by atoms with Gasteiger partial charge in [-0.15, -0.1) is 11.6 Å². The van der Waals surface area contributed by atoms with Gasteiger partial charge in [-0.25, -0.2) is 0 Å². The first kappa shape index (κ1) is 14.0. The van der Waals surface area contributed by atoms with Gasteiger partial charge < -0.3 is 0 Å². The fourth-order valence-corrected chi connectivity index (χ4v) is 3.80. The zero-order chi connectivity index (χ0) is 14.3. The summed E-state index contributed by atoms with van der Waals surface area (Å²) in [5.74, 6) is 0.